The van der Waals surface area contributed by atoms with E-state index in [-0.39, 0.29) is 31.1 Å². The summed E-state index contributed by atoms with van der Waals surface area (Å²) in [6.07, 6.45) is 49.3. The molecule has 0 aliphatic carbocycles. The Kier molecular flexibility index (Phi) is 39.6. The Balaban J connectivity index is 4.40. The molecule has 1 atom stereocenters. The van der Waals surface area contributed by atoms with Crippen LogP contribution in [0.4, 0.5) is 0 Å². The maximum Gasteiger partial charge on any atom is 0.306 e. The number of hydrogen-bond acceptors (Lipinski definition) is 6. The van der Waals surface area contributed by atoms with Crippen molar-refractivity contribution in [1.29, 1.82) is 0 Å². The van der Waals surface area contributed by atoms with E-state index in [4.69, 9.17) is 14.2 Å². The van der Waals surface area contributed by atoms with Crippen molar-refractivity contribution in [2.24, 2.45) is 0 Å². The third-order valence-electron chi connectivity index (χ3n) is 9.01. The van der Waals surface area contributed by atoms with Gasteiger partial charge in [-0.2, -0.15) is 0 Å². The first kappa shape index (κ1) is 50.1. The Labute approximate surface area is 326 Å². The van der Waals surface area contributed by atoms with Gasteiger partial charge in [-0.1, -0.05) is 159 Å². The van der Waals surface area contributed by atoms with E-state index < -0.39 is 6.10 Å². The Morgan fingerprint density at radius 1 is 0.396 bits per heavy atom. The number of rotatable bonds is 38. The summed E-state index contributed by atoms with van der Waals surface area (Å²) in [6, 6.07) is 0. The molecule has 0 amide bonds. The summed E-state index contributed by atoms with van der Waals surface area (Å²) in [5.74, 6) is -0.948. The van der Waals surface area contributed by atoms with Crippen LogP contribution in [0.3, 0.4) is 0 Å². The van der Waals surface area contributed by atoms with E-state index in [2.05, 4.69) is 81.5 Å². The first-order chi connectivity index (χ1) is 26.0. The highest BCUT2D eigenvalue weighted by Gasteiger charge is 2.19. The Morgan fingerprint density at radius 3 is 1.21 bits per heavy atom. The smallest absolute Gasteiger partial charge is 0.306 e. The average molecular weight is 741 g/mol. The summed E-state index contributed by atoms with van der Waals surface area (Å²) < 4.78 is 16.6. The maximum atomic E-state index is 12.7. The minimum atomic E-state index is -0.789. The molecular formula is C47H80O6. The lowest BCUT2D eigenvalue weighted by atomic mass is 10.1. The first-order valence-corrected chi connectivity index (χ1v) is 21.8. The minimum Gasteiger partial charge on any atom is -0.462 e. The van der Waals surface area contributed by atoms with E-state index in [0.29, 0.717) is 19.3 Å². The van der Waals surface area contributed by atoms with Gasteiger partial charge >= 0.3 is 17.9 Å². The highest BCUT2D eigenvalue weighted by molar-refractivity contribution is 5.71. The molecule has 1 unspecified atom stereocenters. The SMILES string of the molecule is CC/C=C\C/C=C\C/C=C\CCCCCC(=O)OC(COC(=O)CCCCCCC/C=C\C/C=C\CCCCC)COC(=O)CCCCCCCCC. The molecule has 0 aliphatic rings. The normalized spacial score (nSPS) is 12.6. The van der Waals surface area contributed by atoms with Crippen LogP contribution in [0.2, 0.25) is 0 Å². The van der Waals surface area contributed by atoms with Crippen molar-refractivity contribution >= 4 is 17.9 Å². The first-order valence-electron chi connectivity index (χ1n) is 21.8. The molecule has 53 heavy (non-hydrogen) atoms. The van der Waals surface area contributed by atoms with Crippen molar-refractivity contribution in [1.82, 2.24) is 0 Å². The summed E-state index contributed by atoms with van der Waals surface area (Å²) in [7, 11) is 0. The number of ether oxygens (including phenoxy) is 3. The van der Waals surface area contributed by atoms with E-state index in [1.807, 2.05) is 0 Å². The topological polar surface area (TPSA) is 78.9 Å². The molecule has 0 aromatic carbocycles. The lowest BCUT2D eigenvalue weighted by molar-refractivity contribution is -0.167. The quantitative estimate of drug-likeness (QED) is 0.0271. The van der Waals surface area contributed by atoms with Gasteiger partial charge in [0.25, 0.3) is 0 Å². The van der Waals surface area contributed by atoms with Crippen molar-refractivity contribution in [2.45, 2.75) is 207 Å². The van der Waals surface area contributed by atoms with Gasteiger partial charge < -0.3 is 14.2 Å². The van der Waals surface area contributed by atoms with Crippen LogP contribution in [0.15, 0.2) is 60.8 Å². The van der Waals surface area contributed by atoms with Crippen molar-refractivity contribution in [3.63, 3.8) is 0 Å². The fourth-order valence-corrected chi connectivity index (χ4v) is 5.72. The number of esters is 3. The highest BCUT2D eigenvalue weighted by atomic mass is 16.6. The van der Waals surface area contributed by atoms with Gasteiger partial charge in [0.15, 0.2) is 6.10 Å². The van der Waals surface area contributed by atoms with Crippen LogP contribution in [-0.2, 0) is 28.6 Å². The largest absolute Gasteiger partial charge is 0.462 e. The lowest BCUT2D eigenvalue weighted by Gasteiger charge is -2.18. The molecule has 0 rings (SSSR count). The maximum absolute atomic E-state index is 12.7. The number of unbranched alkanes of at least 4 members (excludes halogenated alkanes) is 17. The van der Waals surface area contributed by atoms with Gasteiger partial charge in [0.2, 0.25) is 0 Å². The highest BCUT2D eigenvalue weighted by Crippen LogP contribution is 2.12. The van der Waals surface area contributed by atoms with Gasteiger partial charge in [-0.15, -0.1) is 0 Å². The molecule has 0 aliphatic heterocycles. The summed E-state index contributed by atoms with van der Waals surface area (Å²) in [6.45, 7) is 6.39. The van der Waals surface area contributed by atoms with Gasteiger partial charge in [-0.3, -0.25) is 14.4 Å². The second-order valence-electron chi connectivity index (χ2n) is 14.2. The second kappa shape index (κ2) is 41.9. The van der Waals surface area contributed by atoms with Gasteiger partial charge in [-0.25, -0.2) is 0 Å². The van der Waals surface area contributed by atoms with Crippen LogP contribution in [0.5, 0.6) is 0 Å². The zero-order chi connectivity index (χ0) is 38.7. The Bertz CT molecular complexity index is 991. The van der Waals surface area contributed by atoms with E-state index in [0.717, 1.165) is 103 Å². The zero-order valence-electron chi connectivity index (χ0n) is 34.5. The van der Waals surface area contributed by atoms with Gasteiger partial charge in [0.05, 0.1) is 0 Å². The molecule has 0 saturated heterocycles. The molecule has 6 heteroatoms. The fraction of sp³-hybridized carbons (Fsp3) is 0.723. The monoisotopic (exact) mass is 741 g/mol. The van der Waals surface area contributed by atoms with Crippen LogP contribution in [0, 0.1) is 0 Å². The second-order valence-corrected chi connectivity index (χ2v) is 14.2. The molecule has 0 N–H and O–H groups in total. The molecule has 0 spiro atoms. The predicted octanol–water partition coefficient (Wildman–Crippen LogP) is 13.7. The third-order valence-corrected chi connectivity index (χ3v) is 9.01. The van der Waals surface area contributed by atoms with Crippen molar-refractivity contribution in [2.75, 3.05) is 13.2 Å². The van der Waals surface area contributed by atoms with Crippen LogP contribution in [0.25, 0.3) is 0 Å². The Morgan fingerprint density at radius 2 is 0.736 bits per heavy atom. The van der Waals surface area contributed by atoms with Crippen LogP contribution in [0.1, 0.15) is 201 Å². The average Bonchev–Trinajstić information content (AvgIpc) is 3.15. The minimum absolute atomic E-state index is 0.0911. The predicted molar refractivity (Wildman–Crippen MR) is 224 cm³/mol. The molecule has 0 bridgehead atoms. The molecule has 0 aromatic heterocycles. The lowest BCUT2D eigenvalue weighted by Crippen LogP contribution is -2.30. The molecule has 304 valence electrons. The molecule has 0 saturated carbocycles. The molecular weight excluding hydrogens is 661 g/mol. The van der Waals surface area contributed by atoms with Crippen molar-refractivity contribution in [3.05, 3.63) is 60.8 Å². The van der Waals surface area contributed by atoms with Gasteiger partial charge in [0, 0.05) is 19.3 Å². The van der Waals surface area contributed by atoms with Gasteiger partial charge in [0.1, 0.15) is 13.2 Å². The van der Waals surface area contributed by atoms with Crippen LogP contribution >= 0.6 is 0 Å². The number of carbonyl (C=O) groups excluding carboxylic acids is 3. The van der Waals surface area contributed by atoms with E-state index in [1.54, 1.807) is 0 Å². The molecule has 0 aromatic rings. The molecule has 0 heterocycles. The third kappa shape index (κ3) is 40.1. The summed E-state index contributed by atoms with van der Waals surface area (Å²) >= 11 is 0. The Hall–Kier alpha value is -2.89. The van der Waals surface area contributed by atoms with E-state index >= 15 is 0 Å². The summed E-state index contributed by atoms with van der Waals surface area (Å²) in [4.78, 5) is 37.5. The van der Waals surface area contributed by atoms with E-state index in [1.165, 1.54) is 57.8 Å². The van der Waals surface area contributed by atoms with Crippen LogP contribution in [-0.4, -0.2) is 37.2 Å². The fourth-order valence-electron chi connectivity index (χ4n) is 5.72. The number of allylic oxidation sites excluding steroid dienone is 10. The van der Waals surface area contributed by atoms with Crippen molar-refractivity contribution in [3.8, 4) is 0 Å². The molecule has 6 nitrogen and oxygen atoms in total. The van der Waals surface area contributed by atoms with Crippen molar-refractivity contribution < 1.29 is 28.6 Å². The standard InChI is InChI=1S/C47H80O6/c1-4-7-10-13-16-18-20-22-23-25-26-28-31-34-37-40-46(49)52-43-44(42-51-45(48)39-36-33-30-15-12-9-6-3)53-47(50)41-38-35-32-29-27-24-21-19-17-14-11-8-5-2/h8,11,16-19,22-24,27,44H,4-7,9-10,12-15,20-21,25-26,28-43H2,1-3H3/b11-8-,18-16-,19-17-,23-22-,27-24-. The molecule has 0 fully saturated rings. The number of carbonyl (C=O) groups is 3. The summed E-state index contributed by atoms with van der Waals surface area (Å²) in [5, 5.41) is 0. The number of hydrogen-bond donors (Lipinski definition) is 0. The summed E-state index contributed by atoms with van der Waals surface area (Å²) in [5.41, 5.74) is 0. The van der Waals surface area contributed by atoms with Gasteiger partial charge in [-0.05, 0) is 83.5 Å². The zero-order valence-corrected chi connectivity index (χ0v) is 34.5. The van der Waals surface area contributed by atoms with Crippen LogP contribution < -0.4 is 0 Å². The van der Waals surface area contributed by atoms with E-state index in [9.17, 15) is 14.4 Å². The molecule has 0 radical (unpaired) electrons.